The van der Waals surface area contributed by atoms with E-state index < -0.39 is 0 Å². The molecule has 1 saturated heterocycles. The van der Waals surface area contributed by atoms with Gasteiger partial charge in [-0.3, -0.25) is 14.9 Å². The number of morpholine rings is 1. The molecule has 144 valence electrons. The summed E-state index contributed by atoms with van der Waals surface area (Å²) in [5, 5.41) is 5.02. The number of carbonyl (C=O) groups excluding carboxylic acids is 2. The monoisotopic (exact) mass is 391 g/mol. The Bertz CT molecular complexity index is 775. The quantitative estimate of drug-likeness (QED) is 0.777. The first-order valence-corrected chi connectivity index (χ1v) is 9.51. The Balaban J connectivity index is 1.65. The normalized spacial score (nSPS) is 13.9. The molecular weight excluding hydrogens is 370 g/mol. The molecule has 1 aromatic heterocycles. The minimum atomic E-state index is -0.290. The van der Waals surface area contributed by atoms with Crippen molar-refractivity contribution in [2.45, 2.75) is 6.92 Å². The zero-order valence-electron chi connectivity index (χ0n) is 15.0. The van der Waals surface area contributed by atoms with Gasteiger partial charge in [-0.15, -0.1) is 11.3 Å². The minimum absolute atomic E-state index is 0.0925. The van der Waals surface area contributed by atoms with Crippen LogP contribution in [-0.2, 0) is 9.53 Å². The number of nitrogens with zero attached hydrogens (tertiary/aromatic N) is 2. The van der Waals surface area contributed by atoms with Gasteiger partial charge in [0, 0.05) is 30.2 Å². The van der Waals surface area contributed by atoms with Crippen molar-refractivity contribution >= 4 is 28.3 Å². The van der Waals surface area contributed by atoms with Gasteiger partial charge in [0.1, 0.15) is 0 Å². The van der Waals surface area contributed by atoms with Crippen LogP contribution in [0.25, 0.3) is 0 Å². The summed E-state index contributed by atoms with van der Waals surface area (Å²) in [5.74, 6) is 0.441. The highest BCUT2D eigenvalue weighted by molar-refractivity contribution is 7.13. The lowest BCUT2D eigenvalue weighted by atomic mass is 10.2. The highest BCUT2D eigenvalue weighted by Crippen LogP contribution is 2.29. The highest BCUT2D eigenvalue weighted by Gasteiger charge is 2.19. The highest BCUT2D eigenvalue weighted by atomic mass is 32.1. The minimum Gasteiger partial charge on any atom is -0.490 e. The first kappa shape index (κ1) is 19.1. The average Bonchev–Trinajstić information content (AvgIpc) is 3.20. The van der Waals surface area contributed by atoms with Crippen molar-refractivity contribution in [1.29, 1.82) is 0 Å². The van der Waals surface area contributed by atoms with Gasteiger partial charge in [-0.1, -0.05) is 0 Å². The molecule has 1 aromatic carbocycles. The molecule has 2 aromatic rings. The SMILES string of the molecule is CCOc1cc(C(=O)Nc2nccs2)ccc1OCC(=O)N1CCOCC1. The number of amides is 2. The third-order valence-corrected chi connectivity index (χ3v) is 4.56. The first-order valence-electron chi connectivity index (χ1n) is 8.63. The van der Waals surface area contributed by atoms with Crippen molar-refractivity contribution in [3.8, 4) is 11.5 Å². The Morgan fingerprint density at radius 2 is 2.07 bits per heavy atom. The molecule has 3 rings (SSSR count). The molecule has 0 unspecified atom stereocenters. The third-order valence-electron chi connectivity index (χ3n) is 3.87. The number of hydrogen-bond donors (Lipinski definition) is 1. The van der Waals surface area contributed by atoms with E-state index in [1.54, 1.807) is 34.7 Å². The van der Waals surface area contributed by atoms with Crippen molar-refractivity contribution in [1.82, 2.24) is 9.88 Å². The van der Waals surface area contributed by atoms with Crippen LogP contribution in [0, 0.1) is 0 Å². The summed E-state index contributed by atoms with van der Waals surface area (Å²) in [7, 11) is 0. The van der Waals surface area contributed by atoms with Gasteiger partial charge in [0.15, 0.2) is 23.2 Å². The molecule has 0 radical (unpaired) electrons. The molecule has 1 fully saturated rings. The summed E-state index contributed by atoms with van der Waals surface area (Å²) in [5.41, 5.74) is 0.417. The predicted molar refractivity (Wildman–Crippen MR) is 101 cm³/mol. The van der Waals surface area contributed by atoms with Crippen LogP contribution in [0.2, 0.25) is 0 Å². The summed E-state index contributed by atoms with van der Waals surface area (Å²) < 4.78 is 16.5. The van der Waals surface area contributed by atoms with Crippen molar-refractivity contribution in [2.24, 2.45) is 0 Å². The maximum Gasteiger partial charge on any atom is 0.260 e. The first-order chi connectivity index (χ1) is 13.2. The summed E-state index contributed by atoms with van der Waals surface area (Å²) in [6, 6.07) is 4.86. The molecule has 27 heavy (non-hydrogen) atoms. The number of rotatable bonds is 7. The van der Waals surface area contributed by atoms with Crippen LogP contribution in [0.4, 0.5) is 5.13 Å². The molecule has 9 heteroatoms. The predicted octanol–water partition coefficient (Wildman–Crippen LogP) is 2.03. The zero-order chi connectivity index (χ0) is 19.1. The maximum absolute atomic E-state index is 12.3. The number of ether oxygens (including phenoxy) is 3. The van der Waals surface area contributed by atoms with Crippen molar-refractivity contribution < 1.29 is 23.8 Å². The number of hydrogen-bond acceptors (Lipinski definition) is 7. The fourth-order valence-corrected chi connectivity index (χ4v) is 3.06. The van der Waals surface area contributed by atoms with E-state index in [9.17, 15) is 9.59 Å². The average molecular weight is 391 g/mol. The molecule has 1 aliphatic heterocycles. The van der Waals surface area contributed by atoms with E-state index in [2.05, 4.69) is 10.3 Å². The van der Waals surface area contributed by atoms with Gasteiger partial charge in [-0.25, -0.2) is 4.98 Å². The Hall–Kier alpha value is -2.65. The summed E-state index contributed by atoms with van der Waals surface area (Å²) in [6.07, 6.45) is 1.62. The molecule has 2 amide bonds. The van der Waals surface area contributed by atoms with E-state index in [4.69, 9.17) is 14.2 Å². The zero-order valence-corrected chi connectivity index (χ0v) is 15.8. The number of thiazole rings is 1. The fraction of sp³-hybridized carbons (Fsp3) is 0.389. The second kappa shape index (κ2) is 9.33. The lowest BCUT2D eigenvalue weighted by molar-refractivity contribution is -0.137. The van der Waals surface area contributed by atoms with Crippen LogP contribution >= 0.6 is 11.3 Å². The van der Waals surface area contributed by atoms with Crippen LogP contribution in [0.15, 0.2) is 29.8 Å². The van der Waals surface area contributed by atoms with Crippen molar-refractivity contribution in [3.05, 3.63) is 35.3 Å². The number of nitrogens with one attached hydrogen (secondary N) is 1. The Morgan fingerprint density at radius 3 is 2.78 bits per heavy atom. The van der Waals surface area contributed by atoms with Crippen LogP contribution in [0.3, 0.4) is 0 Å². The number of aromatic nitrogens is 1. The Kier molecular flexibility index (Phi) is 6.61. The third kappa shape index (κ3) is 5.18. The lowest BCUT2D eigenvalue weighted by Gasteiger charge is -2.26. The van der Waals surface area contributed by atoms with Gasteiger partial charge in [0.05, 0.1) is 19.8 Å². The Morgan fingerprint density at radius 1 is 1.26 bits per heavy atom. The summed E-state index contributed by atoms with van der Waals surface area (Å²) >= 11 is 1.34. The van der Waals surface area contributed by atoms with E-state index in [0.29, 0.717) is 55.1 Å². The molecule has 2 heterocycles. The van der Waals surface area contributed by atoms with Gasteiger partial charge in [0.2, 0.25) is 0 Å². The summed E-state index contributed by atoms with van der Waals surface area (Å²) in [4.78, 5) is 30.3. The fourth-order valence-electron chi connectivity index (χ4n) is 2.53. The number of anilines is 1. The molecule has 0 atom stereocenters. The molecule has 1 N–H and O–H groups in total. The van der Waals surface area contributed by atoms with E-state index >= 15 is 0 Å². The molecule has 0 bridgehead atoms. The molecule has 0 aliphatic carbocycles. The molecule has 0 spiro atoms. The number of benzene rings is 1. The van der Waals surface area contributed by atoms with E-state index in [-0.39, 0.29) is 18.4 Å². The van der Waals surface area contributed by atoms with Crippen LogP contribution < -0.4 is 14.8 Å². The van der Waals surface area contributed by atoms with Gasteiger partial charge in [0.25, 0.3) is 11.8 Å². The maximum atomic E-state index is 12.3. The second-order valence-electron chi connectivity index (χ2n) is 5.67. The van der Waals surface area contributed by atoms with Gasteiger partial charge in [-0.2, -0.15) is 0 Å². The van der Waals surface area contributed by atoms with Crippen LogP contribution in [0.5, 0.6) is 11.5 Å². The lowest BCUT2D eigenvalue weighted by Crippen LogP contribution is -2.43. The molecule has 8 nitrogen and oxygen atoms in total. The van der Waals surface area contributed by atoms with Gasteiger partial charge < -0.3 is 19.1 Å². The van der Waals surface area contributed by atoms with Gasteiger partial charge in [-0.05, 0) is 25.1 Å². The summed E-state index contributed by atoms with van der Waals surface area (Å²) in [6.45, 7) is 4.37. The van der Waals surface area contributed by atoms with Crippen LogP contribution in [-0.4, -0.2) is 61.2 Å². The van der Waals surface area contributed by atoms with Crippen molar-refractivity contribution in [3.63, 3.8) is 0 Å². The van der Waals surface area contributed by atoms with Gasteiger partial charge >= 0.3 is 0 Å². The topological polar surface area (TPSA) is 90.0 Å². The largest absolute Gasteiger partial charge is 0.490 e. The second-order valence-corrected chi connectivity index (χ2v) is 6.56. The van der Waals surface area contributed by atoms with E-state index in [0.717, 1.165) is 0 Å². The van der Waals surface area contributed by atoms with Crippen LogP contribution in [0.1, 0.15) is 17.3 Å². The standard InChI is InChI=1S/C18H21N3O5S/c1-2-25-15-11-13(17(23)20-18-19-5-10-27-18)3-4-14(15)26-12-16(22)21-6-8-24-9-7-21/h3-5,10-11H,2,6-9,12H2,1H3,(H,19,20,23). The molecule has 1 aliphatic rings. The number of carbonyl (C=O) groups is 2. The van der Waals surface area contributed by atoms with E-state index in [1.807, 2.05) is 6.92 Å². The molecule has 0 saturated carbocycles. The molecular formula is C18H21N3O5S. The van der Waals surface area contributed by atoms with E-state index in [1.165, 1.54) is 11.3 Å². The smallest absolute Gasteiger partial charge is 0.260 e. The Labute approximate surface area is 161 Å². The van der Waals surface area contributed by atoms with Crippen molar-refractivity contribution in [2.75, 3.05) is 44.8 Å².